The standard InChI is InChI=1S/C15H23BrN2/c1-10(17)15(13-6-4-5-7-14(13)16)18(3)11(2)12-8-9-12/h4-7,10-12,15H,8-9,17H2,1-3H3. The summed E-state index contributed by atoms with van der Waals surface area (Å²) in [5.74, 6) is 0.860. The normalized spacial score (nSPS) is 20.8. The molecule has 0 spiro atoms. The maximum atomic E-state index is 6.23. The van der Waals surface area contributed by atoms with Gasteiger partial charge in [0.15, 0.2) is 0 Å². The van der Waals surface area contributed by atoms with Crippen molar-refractivity contribution >= 4 is 15.9 Å². The van der Waals surface area contributed by atoms with Crippen molar-refractivity contribution in [2.24, 2.45) is 11.7 Å². The van der Waals surface area contributed by atoms with E-state index < -0.39 is 0 Å². The number of nitrogens with zero attached hydrogens (tertiary/aromatic N) is 1. The monoisotopic (exact) mass is 310 g/mol. The fourth-order valence-electron chi connectivity index (χ4n) is 2.75. The lowest BCUT2D eigenvalue weighted by Gasteiger charge is -2.36. The van der Waals surface area contributed by atoms with Crippen molar-refractivity contribution in [1.82, 2.24) is 4.90 Å². The quantitative estimate of drug-likeness (QED) is 0.901. The summed E-state index contributed by atoms with van der Waals surface area (Å²) in [4.78, 5) is 2.45. The largest absolute Gasteiger partial charge is 0.326 e. The van der Waals surface area contributed by atoms with Gasteiger partial charge in [0.05, 0.1) is 6.04 Å². The highest BCUT2D eigenvalue weighted by atomic mass is 79.9. The van der Waals surface area contributed by atoms with Gasteiger partial charge < -0.3 is 5.73 Å². The maximum Gasteiger partial charge on any atom is 0.0507 e. The lowest BCUT2D eigenvalue weighted by atomic mass is 9.97. The second kappa shape index (κ2) is 5.72. The van der Waals surface area contributed by atoms with Crippen LogP contribution in [0.3, 0.4) is 0 Å². The number of halogens is 1. The van der Waals surface area contributed by atoms with E-state index in [1.807, 2.05) is 0 Å². The Hall–Kier alpha value is -0.380. The number of benzene rings is 1. The molecule has 3 heteroatoms. The van der Waals surface area contributed by atoms with Gasteiger partial charge in [0.2, 0.25) is 0 Å². The molecule has 18 heavy (non-hydrogen) atoms. The third kappa shape index (κ3) is 2.95. The highest BCUT2D eigenvalue weighted by molar-refractivity contribution is 9.10. The molecule has 0 radical (unpaired) electrons. The third-order valence-corrected chi connectivity index (χ3v) is 4.83. The van der Waals surface area contributed by atoms with Crippen LogP contribution in [0.4, 0.5) is 0 Å². The Labute approximate surface area is 119 Å². The van der Waals surface area contributed by atoms with Gasteiger partial charge in [-0.2, -0.15) is 0 Å². The summed E-state index contributed by atoms with van der Waals surface area (Å²) < 4.78 is 1.15. The van der Waals surface area contributed by atoms with Crippen LogP contribution in [0.15, 0.2) is 28.7 Å². The average molecular weight is 311 g/mol. The molecule has 1 aliphatic rings. The zero-order valence-electron chi connectivity index (χ0n) is 11.4. The summed E-state index contributed by atoms with van der Waals surface area (Å²) in [5.41, 5.74) is 7.53. The third-order valence-electron chi connectivity index (χ3n) is 4.11. The fourth-order valence-corrected chi connectivity index (χ4v) is 3.27. The predicted octanol–water partition coefficient (Wildman–Crippen LogP) is 3.57. The molecule has 3 atom stereocenters. The highest BCUT2D eigenvalue weighted by Gasteiger charge is 2.35. The molecule has 1 aromatic rings. The average Bonchev–Trinajstić information content (AvgIpc) is 3.14. The van der Waals surface area contributed by atoms with E-state index in [0.29, 0.717) is 6.04 Å². The van der Waals surface area contributed by atoms with Crippen molar-refractivity contribution in [2.45, 2.75) is 44.8 Å². The lowest BCUT2D eigenvalue weighted by Crippen LogP contribution is -2.42. The minimum absolute atomic E-state index is 0.120. The predicted molar refractivity (Wildman–Crippen MR) is 80.5 cm³/mol. The van der Waals surface area contributed by atoms with Crippen molar-refractivity contribution in [1.29, 1.82) is 0 Å². The van der Waals surface area contributed by atoms with E-state index in [-0.39, 0.29) is 12.1 Å². The number of nitrogens with two attached hydrogens (primary N) is 1. The van der Waals surface area contributed by atoms with Gasteiger partial charge in [-0.3, -0.25) is 4.90 Å². The van der Waals surface area contributed by atoms with Crippen LogP contribution in [-0.2, 0) is 0 Å². The molecule has 0 bridgehead atoms. The molecule has 1 fully saturated rings. The Kier molecular flexibility index (Phi) is 4.46. The molecule has 100 valence electrons. The zero-order chi connectivity index (χ0) is 13.3. The summed E-state index contributed by atoms with van der Waals surface area (Å²) in [6, 6.07) is 9.41. The van der Waals surface area contributed by atoms with Crippen LogP contribution >= 0.6 is 15.9 Å². The van der Waals surface area contributed by atoms with Gasteiger partial charge in [-0.25, -0.2) is 0 Å². The van der Waals surface area contributed by atoms with Crippen molar-refractivity contribution < 1.29 is 0 Å². The van der Waals surface area contributed by atoms with Crippen LogP contribution in [0, 0.1) is 5.92 Å². The first-order valence-corrected chi connectivity index (χ1v) is 7.53. The first-order chi connectivity index (χ1) is 8.52. The molecule has 1 saturated carbocycles. The van der Waals surface area contributed by atoms with E-state index in [2.05, 4.69) is 66.0 Å². The van der Waals surface area contributed by atoms with Gasteiger partial charge in [0.1, 0.15) is 0 Å². The van der Waals surface area contributed by atoms with Crippen LogP contribution < -0.4 is 5.73 Å². The van der Waals surface area contributed by atoms with Crippen LogP contribution in [0.2, 0.25) is 0 Å². The summed E-state index contributed by atoms with van der Waals surface area (Å²) in [6.07, 6.45) is 2.74. The van der Waals surface area contributed by atoms with Crippen LogP contribution in [0.25, 0.3) is 0 Å². The molecule has 2 nitrogen and oxygen atoms in total. The van der Waals surface area contributed by atoms with E-state index in [1.54, 1.807) is 0 Å². The Morgan fingerprint density at radius 3 is 2.39 bits per heavy atom. The Bertz CT molecular complexity index is 401. The molecular formula is C15H23BrN2. The van der Waals surface area contributed by atoms with E-state index in [0.717, 1.165) is 10.4 Å². The number of hydrogen-bond donors (Lipinski definition) is 1. The second-order valence-electron chi connectivity index (χ2n) is 5.57. The molecule has 3 unspecified atom stereocenters. The van der Waals surface area contributed by atoms with Gasteiger partial charge >= 0.3 is 0 Å². The lowest BCUT2D eigenvalue weighted by molar-refractivity contribution is 0.149. The number of rotatable bonds is 5. The topological polar surface area (TPSA) is 29.3 Å². The summed E-state index contributed by atoms with van der Waals surface area (Å²) in [5, 5.41) is 0. The van der Waals surface area contributed by atoms with Crippen molar-refractivity contribution in [3.8, 4) is 0 Å². The SMILES string of the molecule is CC(N)C(c1ccccc1Br)N(C)C(C)C1CC1. The molecule has 1 aliphatic carbocycles. The minimum Gasteiger partial charge on any atom is -0.326 e. The van der Waals surface area contributed by atoms with Gasteiger partial charge in [-0.1, -0.05) is 34.1 Å². The molecule has 2 N–H and O–H groups in total. The zero-order valence-corrected chi connectivity index (χ0v) is 13.0. The second-order valence-corrected chi connectivity index (χ2v) is 6.42. The Morgan fingerprint density at radius 2 is 1.89 bits per heavy atom. The maximum absolute atomic E-state index is 6.23. The van der Waals surface area contributed by atoms with Crippen LogP contribution in [-0.4, -0.2) is 24.0 Å². The van der Waals surface area contributed by atoms with Gasteiger partial charge in [0, 0.05) is 16.6 Å². The first kappa shape index (κ1) is 14.0. The molecule has 0 heterocycles. The van der Waals surface area contributed by atoms with Crippen LogP contribution in [0.1, 0.15) is 38.3 Å². The van der Waals surface area contributed by atoms with Crippen molar-refractivity contribution in [2.75, 3.05) is 7.05 Å². The first-order valence-electron chi connectivity index (χ1n) is 6.74. The van der Waals surface area contributed by atoms with Gasteiger partial charge in [-0.15, -0.1) is 0 Å². The molecule has 0 aromatic heterocycles. The van der Waals surface area contributed by atoms with Crippen molar-refractivity contribution in [3.05, 3.63) is 34.3 Å². The summed E-state index contributed by atoms with van der Waals surface area (Å²) in [7, 11) is 2.20. The molecule has 0 aliphatic heterocycles. The molecule has 1 aromatic carbocycles. The van der Waals surface area contributed by atoms with Gasteiger partial charge in [-0.05, 0) is 51.3 Å². The Balaban J connectivity index is 2.25. The van der Waals surface area contributed by atoms with E-state index >= 15 is 0 Å². The number of likely N-dealkylation sites (N-methyl/N-ethyl adjacent to an activating group) is 1. The van der Waals surface area contributed by atoms with Crippen molar-refractivity contribution in [3.63, 3.8) is 0 Å². The molecule has 2 rings (SSSR count). The molecule has 0 amide bonds. The molecule has 0 saturated heterocycles. The minimum atomic E-state index is 0.120. The van der Waals surface area contributed by atoms with E-state index in [4.69, 9.17) is 5.73 Å². The molecular weight excluding hydrogens is 288 g/mol. The Morgan fingerprint density at radius 1 is 1.28 bits per heavy atom. The number of hydrogen-bond acceptors (Lipinski definition) is 2. The summed E-state index contributed by atoms with van der Waals surface area (Å²) in [6.45, 7) is 4.42. The fraction of sp³-hybridized carbons (Fsp3) is 0.600. The van der Waals surface area contributed by atoms with Gasteiger partial charge in [0.25, 0.3) is 0 Å². The highest BCUT2D eigenvalue weighted by Crippen LogP contribution is 2.39. The summed E-state index contributed by atoms with van der Waals surface area (Å²) >= 11 is 3.65. The van der Waals surface area contributed by atoms with E-state index in [1.165, 1.54) is 18.4 Å². The van der Waals surface area contributed by atoms with E-state index in [9.17, 15) is 0 Å². The smallest absolute Gasteiger partial charge is 0.0507 e. The van der Waals surface area contributed by atoms with Crippen LogP contribution in [0.5, 0.6) is 0 Å².